The lowest BCUT2D eigenvalue weighted by Gasteiger charge is -2.13. The van der Waals surface area contributed by atoms with Gasteiger partial charge in [-0.3, -0.25) is 0 Å². The minimum absolute atomic E-state index is 0.812. The van der Waals surface area contributed by atoms with Crippen LogP contribution in [0.5, 0.6) is 0 Å². The van der Waals surface area contributed by atoms with Crippen LogP contribution in [0.4, 0.5) is 0 Å². The Kier molecular flexibility index (Phi) is 4.67. The highest BCUT2D eigenvalue weighted by molar-refractivity contribution is 4.73. The maximum absolute atomic E-state index is 3.41. The van der Waals surface area contributed by atoms with Crippen LogP contribution in [0.15, 0.2) is 0 Å². The van der Waals surface area contributed by atoms with E-state index in [4.69, 9.17) is 0 Å². The third-order valence-electron chi connectivity index (χ3n) is 3.19. The molecule has 1 rings (SSSR count). The fourth-order valence-electron chi connectivity index (χ4n) is 2.36. The Labute approximate surface area is 76.9 Å². The van der Waals surface area contributed by atoms with Crippen LogP contribution < -0.4 is 5.32 Å². The third-order valence-corrected chi connectivity index (χ3v) is 3.19. The Morgan fingerprint density at radius 1 is 1.17 bits per heavy atom. The second-order valence-electron chi connectivity index (χ2n) is 4.15. The summed E-state index contributed by atoms with van der Waals surface area (Å²) in [5.41, 5.74) is 0. The van der Waals surface area contributed by atoms with Gasteiger partial charge < -0.3 is 5.32 Å². The number of rotatable bonds is 3. The van der Waals surface area contributed by atoms with Gasteiger partial charge in [-0.1, -0.05) is 32.6 Å². The Balaban J connectivity index is 2.24. The molecular formula is C11H23N. The molecule has 0 spiro atoms. The maximum atomic E-state index is 3.41. The standard InChI is InChI=1S/C11H23N/c1-3-5-10-6-4-7-11(12-2)9-8-10/h10-12H,3-9H2,1-2H3. The van der Waals surface area contributed by atoms with E-state index in [2.05, 4.69) is 19.3 Å². The molecule has 1 saturated carbocycles. The Hall–Kier alpha value is -0.0400. The van der Waals surface area contributed by atoms with Crippen LogP contribution in [0.25, 0.3) is 0 Å². The van der Waals surface area contributed by atoms with Crippen LogP contribution in [-0.4, -0.2) is 13.1 Å². The number of hydrogen-bond donors (Lipinski definition) is 1. The van der Waals surface area contributed by atoms with E-state index in [1.807, 2.05) is 0 Å². The summed E-state index contributed by atoms with van der Waals surface area (Å²) in [4.78, 5) is 0. The molecule has 1 aliphatic rings. The Bertz CT molecular complexity index is 112. The molecule has 0 aliphatic heterocycles. The molecule has 0 heterocycles. The van der Waals surface area contributed by atoms with Crippen molar-refractivity contribution in [3.63, 3.8) is 0 Å². The summed E-state index contributed by atoms with van der Waals surface area (Å²) in [6.07, 6.45) is 10.0. The summed E-state index contributed by atoms with van der Waals surface area (Å²) in [6, 6.07) is 0.812. The lowest BCUT2D eigenvalue weighted by Crippen LogP contribution is -2.23. The minimum Gasteiger partial charge on any atom is -0.317 e. The van der Waals surface area contributed by atoms with Crippen molar-refractivity contribution in [2.24, 2.45) is 5.92 Å². The Morgan fingerprint density at radius 3 is 2.67 bits per heavy atom. The Morgan fingerprint density at radius 2 is 2.00 bits per heavy atom. The molecule has 0 aromatic rings. The first-order valence-electron chi connectivity index (χ1n) is 5.54. The van der Waals surface area contributed by atoms with Crippen molar-refractivity contribution < 1.29 is 0 Å². The molecule has 1 N–H and O–H groups in total. The van der Waals surface area contributed by atoms with Crippen LogP contribution in [0.2, 0.25) is 0 Å². The van der Waals surface area contributed by atoms with Crippen molar-refractivity contribution in [1.29, 1.82) is 0 Å². The zero-order chi connectivity index (χ0) is 8.81. The van der Waals surface area contributed by atoms with Gasteiger partial charge in [-0.2, -0.15) is 0 Å². The molecule has 1 nitrogen and oxygen atoms in total. The van der Waals surface area contributed by atoms with E-state index in [1.165, 1.54) is 44.9 Å². The summed E-state index contributed by atoms with van der Waals surface area (Å²) in [6.45, 7) is 2.31. The van der Waals surface area contributed by atoms with Gasteiger partial charge in [0.05, 0.1) is 0 Å². The molecule has 12 heavy (non-hydrogen) atoms. The van der Waals surface area contributed by atoms with Gasteiger partial charge in [0.1, 0.15) is 0 Å². The molecule has 0 radical (unpaired) electrons. The molecule has 2 atom stereocenters. The van der Waals surface area contributed by atoms with Gasteiger partial charge in [0.2, 0.25) is 0 Å². The highest BCUT2D eigenvalue weighted by atomic mass is 14.9. The van der Waals surface area contributed by atoms with Crippen LogP contribution in [-0.2, 0) is 0 Å². The molecule has 1 aliphatic carbocycles. The van der Waals surface area contributed by atoms with Gasteiger partial charge in [0, 0.05) is 6.04 Å². The van der Waals surface area contributed by atoms with Crippen molar-refractivity contribution >= 4 is 0 Å². The average molecular weight is 169 g/mol. The molecule has 2 unspecified atom stereocenters. The highest BCUT2D eigenvalue weighted by Gasteiger charge is 2.16. The van der Waals surface area contributed by atoms with E-state index in [9.17, 15) is 0 Å². The average Bonchev–Trinajstić information content (AvgIpc) is 2.31. The highest BCUT2D eigenvalue weighted by Crippen LogP contribution is 2.26. The van der Waals surface area contributed by atoms with Gasteiger partial charge >= 0.3 is 0 Å². The van der Waals surface area contributed by atoms with Crippen molar-refractivity contribution in [2.45, 2.75) is 57.9 Å². The van der Waals surface area contributed by atoms with Crippen LogP contribution >= 0.6 is 0 Å². The number of hydrogen-bond acceptors (Lipinski definition) is 1. The molecule has 1 fully saturated rings. The molecule has 0 bridgehead atoms. The summed E-state index contributed by atoms with van der Waals surface area (Å²) in [5, 5.41) is 3.41. The minimum atomic E-state index is 0.812. The molecule has 72 valence electrons. The van der Waals surface area contributed by atoms with E-state index in [0.717, 1.165) is 12.0 Å². The predicted octanol–water partition coefficient (Wildman–Crippen LogP) is 2.95. The molecule has 1 heteroatoms. The van der Waals surface area contributed by atoms with Crippen LogP contribution in [0.1, 0.15) is 51.9 Å². The first-order valence-corrected chi connectivity index (χ1v) is 5.54. The smallest absolute Gasteiger partial charge is 0.00641 e. The topological polar surface area (TPSA) is 12.0 Å². The van der Waals surface area contributed by atoms with E-state index in [1.54, 1.807) is 0 Å². The van der Waals surface area contributed by atoms with E-state index >= 15 is 0 Å². The third kappa shape index (κ3) is 3.14. The predicted molar refractivity (Wildman–Crippen MR) is 54.3 cm³/mol. The molecule has 0 aromatic carbocycles. The molecule has 0 saturated heterocycles. The monoisotopic (exact) mass is 169 g/mol. The van der Waals surface area contributed by atoms with Crippen LogP contribution in [0, 0.1) is 5.92 Å². The number of nitrogens with one attached hydrogen (secondary N) is 1. The van der Waals surface area contributed by atoms with Crippen LogP contribution in [0.3, 0.4) is 0 Å². The summed E-state index contributed by atoms with van der Waals surface area (Å²) >= 11 is 0. The molecule has 0 aromatic heterocycles. The SMILES string of the molecule is CCCC1CCCC(NC)CC1. The maximum Gasteiger partial charge on any atom is 0.00641 e. The van der Waals surface area contributed by atoms with Gasteiger partial charge in [-0.05, 0) is 32.2 Å². The second-order valence-corrected chi connectivity index (χ2v) is 4.15. The quantitative estimate of drug-likeness (QED) is 0.640. The van der Waals surface area contributed by atoms with E-state index < -0.39 is 0 Å². The molecular weight excluding hydrogens is 146 g/mol. The van der Waals surface area contributed by atoms with Crippen molar-refractivity contribution in [2.75, 3.05) is 7.05 Å². The zero-order valence-corrected chi connectivity index (χ0v) is 8.60. The first kappa shape index (κ1) is 10.0. The van der Waals surface area contributed by atoms with Gasteiger partial charge in [0.25, 0.3) is 0 Å². The van der Waals surface area contributed by atoms with Crippen molar-refractivity contribution in [3.8, 4) is 0 Å². The lowest BCUT2D eigenvalue weighted by atomic mass is 9.95. The summed E-state index contributed by atoms with van der Waals surface area (Å²) in [5.74, 6) is 1.04. The van der Waals surface area contributed by atoms with E-state index in [-0.39, 0.29) is 0 Å². The summed E-state index contributed by atoms with van der Waals surface area (Å²) < 4.78 is 0. The van der Waals surface area contributed by atoms with Crippen molar-refractivity contribution in [1.82, 2.24) is 5.32 Å². The second kappa shape index (κ2) is 5.58. The van der Waals surface area contributed by atoms with E-state index in [0.29, 0.717) is 0 Å². The van der Waals surface area contributed by atoms with Crippen molar-refractivity contribution in [3.05, 3.63) is 0 Å². The summed E-state index contributed by atoms with van der Waals surface area (Å²) in [7, 11) is 2.10. The fraction of sp³-hybridized carbons (Fsp3) is 1.00. The normalized spacial score (nSPS) is 31.5. The molecule has 0 amide bonds. The zero-order valence-electron chi connectivity index (χ0n) is 8.60. The lowest BCUT2D eigenvalue weighted by molar-refractivity contribution is 0.416. The van der Waals surface area contributed by atoms with Gasteiger partial charge in [-0.25, -0.2) is 0 Å². The van der Waals surface area contributed by atoms with Gasteiger partial charge in [0.15, 0.2) is 0 Å². The van der Waals surface area contributed by atoms with Gasteiger partial charge in [-0.15, -0.1) is 0 Å². The fourth-order valence-corrected chi connectivity index (χ4v) is 2.36. The first-order chi connectivity index (χ1) is 5.86. The largest absolute Gasteiger partial charge is 0.317 e.